The Bertz CT molecular complexity index is 1530. The van der Waals surface area contributed by atoms with Gasteiger partial charge in [0.15, 0.2) is 11.5 Å². The second-order valence-electron chi connectivity index (χ2n) is 7.85. The van der Waals surface area contributed by atoms with Crippen LogP contribution in [0, 0.1) is 0 Å². The van der Waals surface area contributed by atoms with Crippen molar-refractivity contribution in [3.05, 3.63) is 88.8 Å². The fraction of sp³-hybridized carbons (Fsp3) is 0.115. The van der Waals surface area contributed by atoms with Gasteiger partial charge in [0.1, 0.15) is 14.8 Å². The van der Waals surface area contributed by atoms with Crippen LogP contribution >= 0.6 is 11.3 Å². The number of aryl methyl sites for hydroxylation is 1. The Morgan fingerprint density at radius 1 is 1.00 bits per heavy atom. The van der Waals surface area contributed by atoms with E-state index < -0.39 is 15.6 Å². The number of ketones is 1. The summed E-state index contributed by atoms with van der Waals surface area (Å²) in [6, 6.07) is 20.5. The summed E-state index contributed by atoms with van der Waals surface area (Å²) in [5.74, 6) is 0.608. The molecule has 3 N–H and O–H groups in total. The first-order valence-electron chi connectivity index (χ1n) is 10.9. The van der Waals surface area contributed by atoms with Crippen LogP contribution in [-0.4, -0.2) is 21.0 Å². The molecule has 1 aromatic heterocycles. The van der Waals surface area contributed by atoms with Crippen LogP contribution in [-0.2, 0) is 16.3 Å². The number of carbonyl (C=O) groups excluding carboxylic acids is 1. The lowest BCUT2D eigenvalue weighted by atomic mass is 10.1. The average molecular weight is 507 g/mol. The van der Waals surface area contributed by atoms with Crippen molar-refractivity contribution >= 4 is 43.3 Å². The number of ether oxygens (including phenoxy) is 2. The minimum atomic E-state index is -4.02. The van der Waals surface area contributed by atoms with E-state index in [-0.39, 0.29) is 32.1 Å². The number of nitrogen functional groups attached to an aromatic ring is 1. The van der Waals surface area contributed by atoms with Crippen molar-refractivity contribution in [1.29, 1.82) is 0 Å². The largest absolute Gasteiger partial charge is 0.454 e. The summed E-state index contributed by atoms with van der Waals surface area (Å²) in [5.41, 5.74) is 8.42. The number of thiophene rings is 1. The number of nitrogens with two attached hydrogens (primary N) is 1. The first-order valence-corrected chi connectivity index (χ1v) is 13.2. The summed E-state index contributed by atoms with van der Waals surface area (Å²) < 4.78 is 38.1. The summed E-state index contributed by atoms with van der Waals surface area (Å²) in [6.07, 6.45) is 0.744. The van der Waals surface area contributed by atoms with E-state index in [4.69, 9.17) is 15.2 Å². The third-order valence-electron chi connectivity index (χ3n) is 5.71. The predicted molar refractivity (Wildman–Crippen MR) is 136 cm³/mol. The lowest BCUT2D eigenvalue weighted by Crippen LogP contribution is -2.08. The second kappa shape index (κ2) is 9.09. The first-order chi connectivity index (χ1) is 16.9. The molecule has 0 bridgehead atoms. The van der Waals surface area contributed by atoms with E-state index in [1.54, 1.807) is 36.4 Å². The van der Waals surface area contributed by atoms with Crippen molar-refractivity contribution in [3.8, 4) is 11.5 Å². The van der Waals surface area contributed by atoms with Crippen molar-refractivity contribution in [3.63, 3.8) is 0 Å². The van der Waals surface area contributed by atoms with Gasteiger partial charge in [-0.3, -0.25) is 4.79 Å². The zero-order chi connectivity index (χ0) is 24.6. The van der Waals surface area contributed by atoms with E-state index >= 15 is 0 Å². The van der Waals surface area contributed by atoms with Gasteiger partial charge in [-0.2, -0.15) is 0 Å². The molecule has 0 amide bonds. The maximum atomic E-state index is 13.7. The summed E-state index contributed by atoms with van der Waals surface area (Å²) in [7, 11) is -4.02. The number of anilines is 3. The van der Waals surface area contributed by atoms with Gasteiger partial charge in [-0.25, -0.2) is 8.42 Å². The van der Waals surface area contributed by atoms with Crippen LogP contribution in [0.2, 0.25) is 0 Å². The number of benzene rings is 3. The Kier molecular flexibility index (Phi) is 5.96. The zero-order valence-corrected chi connectivity index (χ0v) is 20.4. The van der Waals surface area contributed by atoms with Crippen molar-refractivity contribution in [2.45, 2.75) is 23.1 Å². The smallest absolute Gasteiger partial charge is 0.231 e. The summed E-state index contributed by atoms with van der Waals surface area (Å²) in [5, 5.41) is 3.53. The molecule has 1 aliphatic heterocycles. The van der Waals surface area contributed by atoms with E-state index in [1.807, 2.05) is 31.2 Å². The Balaban J connectivity index is 1.65. The molecule has 0 aliphatic carbocycles. The fourth-order valence-corrected chi connectivity index (χ4v) is 6.85. The molecule has 2 heterocycles. The zero-order valence-electron chi connectivity index (χ0n) is 18.8. The van der Waals surface area contributed by atoms with Crippen molar-refractivity contribution in [2.75, 3.05) is 17.8 Å². The topological polar surface area (TPSA) is 108 Å². The predicted octanol–water partition coefficient (Wildman–Crippen LogP) is 5.43. The molecule has 7 nitrogen and oxygen atoms in total. The van der Waals surface area contributed by atoms with Gasteiger partial charge in [-0.05, 0) is 48.4 Å². The van der Waals surface area contributed by atoms with Crippen LogP contribution in [0.25, 0.3) is 0 Å². The molecule has 0 atom stereocenters. The van der Waals surface area contributed by atoms with Crippen LogP contribution in [0.5, 0.6) is 11.5 Å². The quantitative estimate of drug-likeness (QED) is 0.322. The fourth-order valence-electron chi connectivity index (χ4n) is 3.91. The van der Waals surface area contributed by atoms with Gasteiger partial charge < -0.3 is 20.5 Å². The minimum Gasteiger partial charge on any atom is -0.454 e. The molecule has 1 aliphatic rings. The summed E-state index contributed by atoms with van der Waals surface area (Å²) >= 11 is 1.02. The van der Waals surface area contributed by atoms with Crippen LogP contribution in [0.15, 0.2) is 82.6 Å². The number of carbonyl (C=O) groups is 1. The molecule has 5 rings (SSSR count). The highest BCUT2D eigenvalue weighted by Crippen LogP contribution is 2.45. The van der Waals surface area contributed by atoms with Crippen molar-refractivity contribution in [1.82, 2.24) is 0 Å². The molecule has 0 spiro atoms. The molecular formula is C26H22N2O5S2. The molecule has 35 heavy (non-hydrogen) atoms. The Morgan fingerprint density at radius 2 is 1.71 bits per heavy atom. The van der Waals surface area contributed by atoms with Gasteiger partial charge in [0.25, 0.3) is 0 Å². The van der Waals surface area contributed by atoms with Crippen LogP contribution in [0.4, 0.5) is 16.4 Å². The highest BCUT2D eigenvalue weighted by atomic mass is 32.2. The van der Waals surface area contributed by atoms with Crippen molar-refractivity contribution < 1.29 is 22.7 Å². The number of rotatable bonds is 7. The van der Waals surface area contributed by atoms with Gasteiger partial charge in [-0.15, -0.1) is 11.3 Å². The van der Waals surface area contributed by atoms with Crippen LogP contribution in [0.1, 0.15) is 27.7 Å². The third kappa shape index (κ3) is 4.13. The van der Waals surface area contributed by atoms with E-state index in [9.17, 15) is 13.2 Å². The Labute approximate surface area is 207 Å². The summed E-state index contributed by atoms with van der Waals surface area (Å²) in [4.78, 5) is 13.6. The lowest BCUT2D eigenvalue weighted by Gasteiger charge is -2.12. The van der Waals surface area contributed by atoms with E-state index in [0.717, 1.165) is 29.0 Å². The monoisotopic (exact) mass is 506 g/mol. The first kappa shape index (κ1) is 22.9. The highest BCUT2D eigenvalue weighted by molar-refractivity contribution is 7.92. The van der Waals surface area contributed by atoms with E-state index in [2.05, 4.69) is 5.32 Å². The van der Waals surface area contributed by atoms with Gasteiger partial charge in [-0.1, -0.05) is 43.3 Å². The number of para-hydroxylation sites is 1. The molecule has 9 heteroatoms. The SMILES string of the molecule is CCc1ccccc1Nc1sc(C(=O)c2ccc3c(c2)OCO3)c(N)c1S(=O)(=O)c1ccccc1. The number of nitrogens with one attached hydrogen (secondary N) is 1. The van der Waals surface area contributed by atoms with E-state index in [0.29, 0.717) is 17.1 Å². The number of hydrogen-bond donors (Lipinski definition) is 2. The molecule has 0 fully saturated rings. The van der Waals surface area contributed by atoms with Crippen LogP contribution < -0.4 is 20.5 Å². The maximum absolute atomic E-state index is 13.7. The molecule has 0 radical (unpaired) electrons. The second-order valence-corrected chi connectivity index (χ2v) is 10.8. The maximum Gasteiger partial charge on any atom is 0.231 e. The van der Waals surface area contributed by atoms with Gasteiger partial charge in [0, 0.05) is 11.3 Å². The van der Waals surface area contributed by atoms with Crippen molar-refractivity contribution in [2.24, 2.45) is 0 Å². The molecular weight excluding hydrogens is 484 g/mol. The molecule has 0 saturated heterocycles. The normalized spacial score (nSPS) is 12.5. The van der Waals surface area contributed by atoms with Gasteiger partial charge in [0.05, 0.1) is 10.6 Å². The van der Waals surface area contributed by atoms with Crippen LogP contribution in [0.3, 0.4) is 0 Å². The number of fused-ring (bicyclic) bond motifs is 1. The number of hydrogen-bond acceptors (Lipinski definition) is 8. The lowest BCUT2D eigenvalue weighted by molar-refractivity contribution is 0.104. The molecule has 4 aromatic rings. The minimum absolute atomic E-state index is 0.0818. The van der Waals surface area contributed by atoms with Gasteiger partial charge in [0.2, 0.25) is 22.4 Å². The molecule has 0 unspecified atom stereocenters. The van der Waals surface area contributed by atoms with Gasteiger partial charge >= 0.3 is 0 Å². The molecule has 178 valence electrons. The number of sulfone groups is 1. The Hall–Kier alpha value is -3.82. The molecule has 3 aromatic carbocycles. The highest BCUT2D eigenvalue weighted by Gasteiger charge is 2.32. The van der Waals surface area contributed by atoms with E-state index in [1.165, 1.54) is 12.1 Å². The summed E-state index contributed by atoms with van der Waals surface area (Å²) in [6.45, 7) is 2.10. The third-order valence-corrected chi connectivity index (χ3v) is 8.81. The Morgan fingerprint density at radius 3 is 2.49 bits per heavy atom. The average Bonchev–Trinajstić information content (AvgIpc) is 3.48. The molecule has 0 saturated carbocycles. The standard InChI is InChI=1S/C26H22N2O5S2/c1-2-16-8-6-7-11-19(16)28-26-25(35(30,31)18-9-4-3-5-10-18)22(27)24(34-26)23(29)17-12-13-20-21(14-17)33-15-32-20/h3-14,28H,2,15,27H2,1H3.